The highest BCUT2D eigenvalue weighted by Gasteiger charge is 2.30. The smallest absolute Gasteiger partial charge is 0.312 e. The van der Waals surface area contributed by atoms with Gasteiger partial charge in [-0.1, -0.05) is 12.1 Å². The number of benzene rings is 2. The van der Waals surface area contributed by atoms with Crippen molar-refractivity contribution in [2.24, 2.45) is 0 Å². The number of piperazine rings is 1. The van der Waals surface area contributed by atoms with Crippen LogP contribution in [0.2, 0.25) is 0 Å². The lowest BCUT2D eigenvalue weighted by Gasteiger charge is -2.31. The fourth-order valence-corrected chi connectivity index (χ4v) is 4.41. The summed E-state index contributed by atoms with van der Waals surface area (Å²) < 4.78 is 32.6. The Balaban J connectivity index is 1.92. The van der Waals surface area contributed by atoms with Gasteiger partial charge in [0, 0.05) is 37.8 Å². The van der Waals surface area contributed by atoms with Gasteiger partial charge in [-0.15, -0.1) is 0 Å². The highest BCUT2D eigenvalue weighted by atomic mass is 32.2. The van der Waals surface area contributed by atoms with Gasteiger partial charge in [0.1, 0.15) is 5.75 Å². The second kappa shape index (κ2) is 8.27. The summed E-state index contributed by atoms with van der Waals surface area (Å²) in [5, 5.41) is 11.5. The first-order chi connectivity index (χ1) is 13.7. The second-order valence-electron chi connectivity index (χ2n) is 6.78. The van der Waals surface area contributed by atoms with E-state index in [1.165, 1.54) is 29.4 Å². The van der Waals surface area contributed by atoms with Gasteiger partial charge < -0.3 is 9.64 Å². The Bertz CT molecular complexity index is 1050. The molecule has 0 spiro atoms. The average Bonchev–Trinajstić information content (AvgIpc) is 2.68. The quantitative estimate of drug-likeness (QED) is 0.402. The topological polar surface area (TPSA) is 110 Å². The molecular formula is C19H21N3O6S. The minimum atomic E-state index is -3.85. The number of hydrogen-bond donors (Lipinski definition) is 0. The van der Waals surface area contributed by atoms with E-state index in [0.29, 0.717) is 31.7 Å². The number of carbonyl (C=O) groups excluding carboxylic acids is 1. The normalized spacial score (nSPS) is 15.8. The lowest BCUT2D eigenvalue weighted by Crippen LogP contribution is -2.47. The summed E-state index contributed by atoms with van der Waals surface area (Å²) in [5.74, 6) is -0.0259. The number of carbonyl (C=O) groups is 1. The van der Waals surface area contributed by atoms with Crippen LogP contribution in [0.4, 0.5) is 5.69 Å². The summed E-state index contributed by atoms with van der Waals surface area (Å²) in [7, 11) is -1.94. The zero-order valence-corrected chi connectivity index (χ0v) is 16.9. The minimum Gasteiger partial charge on any atom is -0.450 e. The fourth-order valence-electron chi connectivity index (χ4n) is 2.97. The van der Waals surface area contributed by atoms with E-state index >= 15 is 0 Å². The molecule has 0 aliphatic carbocycles. The number of nitrogens with zero attached hydrogens (tertiary/aromatic N) is 3. The molecule has 0 unspecified atom stereocenters. The molecule has 0 aromatic heterocycles. The maximum Gasteiger partial charge on any atom is 0.312 e. The molecule has 0 amide bonds. The van der Waals surface area contributed by atoms with Gasteiger partial charge in [0.15, 0.2) is 5.78 Å². The first-order valence-corrected chi connectivity index (χ1v) is 10.4. The van der Waals surface area contributed by atoms with Crippen LogP contribution < -0.4 is 4.74 Å². The molecule has 154 valence electrons. The molecule has 0 N–H and O–H groups in total. The van der Waals surface area contributed by atoms with Crippen LogP contribution in [0.5, 0.6) is 11.5 Å². The fraction of sp³-hybridized carbons (Fsp3) is 0.316. The van der Waals surface area contributed by atoms with Gasteiger partial charge in [-0.25, -0.2) is 8.42 Å². The largest absolute Gasteiger partial charge is 0.450 e. The molecule has 0 radical (unpaired) electrons. The summed E-state index contributed by atoms with van der Waals surface area (Å²) in [5.41, 5.74) is -0.0622. The Kier molecular flexibility index (Phi) is 5.96. The first-order valence-electron chi connectivity index (χ1n) is 8.94. The van der Waals surface area contributed by atoms with Gasteiger partial charge in [-0.3, -0.25) is 14.9 Å². The van der Waals surface area contributed by atoms with Crippen LogP contribution in [0.3, 0.4) is 0 Å². The van der Waals surface area contributed by atoms with Crippen LogP contribution in [0.25, 0.3) is 0 Å². The molecule has 1 aliphatic heterocycles. The summed E-state index contributed by atoms with van der Waals surface area (Å²) >= 11 is 0. The van der Waals surface area contributed by atoms with Crippen LogP contribution in [0, 0.1) is 10.1 Å². The number of rotatable bonds is 6. The van der Waals surface area contributed by atoms with E-state index in [1.807, 2.05) is 11.9 Å². The third kappa shape index (κ3) is 4.61. The third-order valence-corrected chi connectivity index (χ3v) is 6.59. The molecule has 2 aromatic rings. The van der Waals surface area contributed by atoms with E-state index < -0.39 is 20.6 Å². The van der Waals surface area contributed by atoms with Gasteiger partial charge in [-0.2, -0.15) is 4.31 Å². The molecule has 0 saturated carbocycles. The summed E-state index contributed by atoms with van der Waals surface area (Å²) in [6.07, 6.45) is 0. The first kappa shape index (κ1) is 20.9. The zero-order valence-electron chi connectivity index (χ0n) is 16.1. The monoisotopic (exact) mass is 419 g/mol. The molecule has 1 saturated heterocycles. The van der Waals surface area contributed by atoms with Crippen LogP contribution in [0.15, 0.2) is 47.4 Å². The van der Waals surface area contributed by atoms with E-state index in [1.54, 1.807) is 18.2 Å². The van der Waals surface area contributed by atoms with Gasteiger partial charge in [0.25, 0.3) is 0 Å². The maximum absolute atomic E-state index is 12.9. The van der Waals surface area contributed by atoms with Crippen molar-refractivity contribution in [2.45, 2.75) is 11.8 Å². The van der Waals surface area contributed by atoms with Crippen LogP contribution in [0.1, 0.15) is 17.3 Å². The highest BCUT2D eigenvalue weighted by Crippen LogP contribution is 2.34. The maximum atomic E-state index is 12.9. The Hall–Kier alpha value is -2.82. The molecular weight excluding hydrogens is 398 g/mol. The second-order valence-corrected chi connectivity index (χ2v) is 8.72. The number of hydrogen-bond acceptors (Lipinski definition) is 7. The van der Waals surface area contributed by atoms with E-state index in [9.17, 15) is 23.3 Å². The number of ether oxygens (including phenoxy) is 1. The Morgan fingerprint density at radius 1 is 1.10 bits per heavy atom. The minimum absolute atomic E-state index is 0.104. The number of likely N-dealkylation sites (N-methyl/N-ethyl adjacent to an activating group) is 1. The lowest BCUT2D eigenvalue weighted by atomic mass is 10.1. The molecule has 0 atom stereocenters. The number of nitro groups is 1. The van der Waals surface area contributed by atoms with Gasteiger partial charge >= 0.3 is 5.69 Å². The van der Waals surface area contributed by atoms with Crippen molar-refractivity contribution in [3.63, 3.8) is 0 Å². The van der Waals surface area contributed by atoms with E-state index in [2.05, 4.69) is 0 Å². The van der Waals surface area contributed by atoms with Crippen LogP contribution in [-0.4, -0.2) is 61.6 Å². The molecule has 9 nitrogen and oxygen atoms in total. The van der Waals surface area contributed by atoms with Crippen molar-refractivity contribution >= 4 is 21.5 Å². The molecule has 1 fully saturated rings. The predicted molar refractivity (Wildman–Crippen MR) is 106 cm³/mol. The van der Waals surface area contributed by atoms with Gasteiger partial charge in [0.05, 0.1) is 9.82 Å². The van der Waals surface area contributed by atoms with Gasteiger partial charge in [0.2, 0.25) is 15.8 Å². The van der Waals surface area contributed by atoms with Crippen molar-refractivity contribution in [2.75, 3.05) is 33.2 Å². The summed E-state index contributed by atoms with van der Waals surface area (Å²) in [6.45, 7) is 3.23. The van der Waals surface area contributed by atoms with Crippen LogP contribution in [-0.2, 0) is 10.0 Å². The Labute approximate surface area is 168 Å². The van der Waals surface area contributed by atoms with Crippen LogP contribution >= 0.6 is 0 Å². The molecule has 1 heterocycles. The molecule has 29 heavy (non-hydrogen) atoms. The predicted octanol–water partition coefficient (Wildman–Crippen LogP) is 2.53. The highest BCUT2D eigenvalue weighted by molar-refractivity contribution is 7.89. The van der Waals surface area contributed by atoms with E-state index in [4.69, 9.17) is 4.74 Å². The third-order valence-electron chi connectivity index (χ3n) is 4.70. The average molecular weight is 419 g/mol. The van der Waals surface area contributed by atoms with Gasteiger partial charge in [-0.05, 0) is 38.2 Å². The molecule has 10 heteroatoms. The SMILES string of the molecule is CC(=O)c1cccc(Oc2ccc(S(=O)(=O)N3CCN(C)CC3)cc2[N+](=O)[O-])c1. The Morgan fingerprint density at radius 2 is 1.79 bits per heavy atom. The number of sulfonamides is 1. The molecule has 1 aliphatic rings. The van der Waals surface area contributed by atoms with E-state index in [0.717, 1.165) is 6.07 Å². The summed E-state index contributed by atoms with van der Waals surface area (Å²) in [6, 6.07) is 9.82. The number of ketones is 1. The van der Waals surface area contributed by atoms with Crippen molar-refractivity contribution < 1.29 is 22.9 Å². The molecule has 3 rings (SSSR count). The van der Waals surface area contributed by atoms with E-state index in [-0.39, 0.29) is 22.2 Å². The summed E-state index contributed by atoms with van der Waals surface area (Å²) in [4.78, 5) is 24.2. The standard InChI is InChI=1S/C19H21N3O6S/c1-14(23)15-4-3-5-16(12-15)28-19-7-6-17(13-18(19)22(24)25)29(26,27)21-10-8-20(2)9-11-21/h3-7,12-13H,8-11H2,1-2H3. The molecule has 2 aromatic carbocycles. The molecule has 0 bridgehead atoms. The van der Waals surface area contributed by atoms with Crippen molar-refractivity contribution in [1.29, 1.82) is 0 Å². The van der Waals surface area contributed by atoms with Crippen molar-refractivity contribution in [3.05, 3.63) is 58.1 Å². The number of Topliss-reactive ketones (excluding diaryl/α,β-unsaturated/α-hetero) is 1. The number of nitro benzene ring substituents is 1. The zero-order chi connectivity index (χ0) is 21.2. The Morgan fingerprint density at radius 3 is 2.41 bits per heavy atom. The van der Waals surface area contributed by atoms with Crippen molar-refractivity contribution in [3.8, 4) is 11.5 Å². The van der Waals surface area contributed by atoms with Crippen molar-refractivity contribution in [1.82, 2.24) is 9.21 Å². The lowest BCUT2D eigenvalue weighted by molar-refractivity contribution is -0.385.